The fourth-order valence-corrected chi connectivity index (χ4v) is 7.01. The van der Waals surface area contributed by atoms with E-state index in [2.05, 4.69) is 62.4 Å². The SMILES string of the molecule is CCCCCCC1CCC(c2ccc(-c3ccc(C4CCC(CCCCC)CC4)cc3)cc2)CC1. The molecule has 0 heterocycles. The first kappa shape index (κ1) is 26.5. The minimum atomic E-state index is 0.787. The topological polar surface area (TPSA) is 0 Å². The standard InChI is InChI=1S/C35H52/c1-3-5-7-9-11-29-14-18-31(19-15-29)33-22-26-35(27-23-33)34-24-20-32(21-25-34)30-16-12-28(13-17-30)10-8-6-4-2/h20-31H,3-19H2,1-2H3. The smallest absolute Gasteiger partial charge is 0.0162 e. The molecular weight excluding hydrogens is 420 g/mol. The van der Waals surface area contributed by atoms with Crippen LogP contribution in [0.15, 0.2) is 48.5 Å². The maximum atomic E-state index is 2.43. The molecule has 0 bridgehead atoms. The van der Waals surface area contributed by atoms with Gasteiger partial charge in [0.25, 0.3) is 0 Å². The van der Waals surface area contributed by atoms with Crippen LogP contribution in [0.2, 0.25) is 0 Å². The molecule has 0 radical (unpaired) electrons. The highest BCUT2D eigenvalue weighted by Gasteiger charge is 2.23. The van der Waals surface area contributed by atoms with Gasteiger partial charge in [-0.2, -0.15) is 0 Å². The highest BCUT2D eigenvalue weighted by molar-refractivity contribution is 5.64. The minimum Gasteiger partial charge on any atom is -0.0654 e. The van der Waals surface area contributed by atoms with Crippen LogP contribution in [0.4, 0.5) is 0 Å². The Labute approximate surface area is 217 Å². The molecule has 0 nitrogen and oxygen atoms in total. The summed E-state index contributed by atoms with van der Waals surface area (Å²) in [6.07, 6.45) is 24.2. The summed E-state index contributed by atoms with van der Waals surface area (Å²) < 4.78 is 0. The Hall–Kier alpha value is -1.56. The Morgan fingerprint density at radius 1 is 0.457 bits per heavy atom. The van der Waals surface area contributed by atoms with Crippen molar-refractivity contribution in [1.82, 2.24) is 0 Å². The summed E-state index contributed by atoms with van der Waals surface area (Å²) >= 11 is 0. The molecule has 2 fully saturated rings. The largest absolute Gasteiger partial charge is 0.0654 e. The predicted molar refractivity (Wildman–Crippen MR) is 154 cm³/mol. The zero-order valence-corrected chi connectivity index (χ0v) is 22.9. The quantitative estimate of drug-likeness (QED) is 0.269. The number of benzene rings is 2. The number of hydrogen-bond acceptors (Lipinski definition) is 0. The molecular formula is C35H52. The highest BCUT2D eigenvalue weighted by atomic mass is 14.3. The molecule has 0 aliphatic heterocycles. The molecule has 0 amide bonds. The van der Waals surface area contributed by atoms with Gasteiger partial charge < -0.3 is 0 Å². The third-order valence-electron chi connectivity index (χ3n) is 9.47. The fourth-order valence-electron chi connectivity index (χ4n) is 7.01. The lowest BCUT2D eigenvalue weighted by atomic mass is 9.76. The molecule has 2 saturated carbocycles. The van der Waals surface area contributed by atoms with Gasteiger partial charge in [0.15, 0.2) is 0 Å². The van der Waals surface area contributed by atoms with Crippen LogP contribution in [0, 0.1) is 11.8 Å². The van der Waals surface area contributed by atoms with Gasteiger partial charge in [0.2, 0.25) is 0 Å². The Morgan fingerprint density at radius 2 is 0.829 bits per heavy atom. The van der Waals surface area contributed by atoms with Gasteiger partial charge in [-0.3, -0.25) is 0 Å². The molecule has 0 atom stereocenters. The summed E-state index contributed by atoms with van der Waals surface area (Å²) in [6.45, 7) is 4.63. The third-order valence-corrected chi connectivity index (χ3v) is 9.47. The second-order valence-corrected chi connectivity index (χ2v) is 12.0. The number of unbranched alkanes of at least 4 members (excludes halogenated alkanes) is 5. The van der Waals surface area contributed by atoms with Crippen molar-refractivity contribution in [3.63, 3.8) is 0 Å². The van der Waals surface area contributed by atoms with Crippen LogP contribution >= 0.6 is 0 Å². The lowest BCUT2D eigenvalue weighted by Gasteiger charge is -2.29. The Morgan fingerprint density at radius 3 is 1.23 bits per heavy atom. The lowest BCUT2D eigenvalue weighted by Crippen LogP contribution is -2.13. The van der Waals surface area contributed by atoms with E-state index >= 15 is 0 Å². The maximum absolute atomic E-state index is 2.43. The van der Waals surface area contributed by atoms with Crippen LogP contribution in [-0.2, 0) is 0 Å². The lowest BCUT2D eigenvalue weighted by molar-refractivity contribution is 0.302. The normalized spacial score (nSPS) is 25.0. The van der Waals surface area contributed by atoms with E-state index in [1.807, 2.05) is 0 Å². The first-order valence-electron chi connectivity index (χ1n) is 15.5. The molecule has 2 aliphatic carbocycles. The molecule has 0 saturated heterocycles. The first-order chi connectivity index (χ1) is 17.3. The van der Waals surface area contributed by atoms with Gasteiger partial charge >= 0.3 is 0 Å². The van der Waals surface area contributed by atoms with Crippen LogP contribution < -0.4 is 0 Å². The Kier molecular flexibility index (Phi) is 10.8. The molecule has 0 aromatic heterocycles. The Balaban J connectivity index is 1.23. The van der Waals surface area contributed by atoms with Gasteiger partial charge in [-0.05, 0) is 97.3 Å². The van der Waals surface area contributed by atoms with Crippen LogP contribution in [0.3, 0.4) is 0 Å². The molecule has 0 unspecified atom stereocenters. The van der Waals surface area contributed by atoms with Gasteiger partial charge in [0.05, 0.1) is 0 Å². The summed E-state index contributed by atoms with van der Waals surface area (Å²) in [5.41, 5.74) is 5.91. The van der Waals surface area contributed by atoms with Crippen molar-refractivity contribution >= 4 is 0 Å². The monoisotopic (exact) mass is 472 g/mol. The zero-order valence-electron chi connectivity index (χ0n) is 22.9. The molecule has 2 aromatic rings. The second-order valence-electron chi connectivity index (χ2n) is 12.0. The summed E-state index contributed by atoms with van der Waals surface area (Å²) in [6, 6.07) is 19.2. The van der Waals surface area contributed by atoms with Crippen molar-refractivity contribution in [2.75, 3.05) is 0 Å². The van der Waals surface area contributed by atoms with E-state index in [0.717, 1.165) is 23.7 Å². The van der Waals surface area contributed by atoms with Gasteiger partial charge in [-0.15, -0.1) is 0 Å². The van der Waals surface area contributed by atoms with Crippen molar-refractivity contribution in [2.24, 2.45) is 11.8 Å². The van der Waals surface area contributed by atoms with Crippen molar-refractivity contribution in [2.45, 2.75) is 135 Å². The first-order valence-corrected chi connectivity index (χ1v) is 15.5. The van der Waals surface area contributed by atoms with Crippen molar-refractivity contribution in [3.8, 4) is 11.1 Å². The molecule has 4 rings (SSSR count). The predicted octanol–water partition coefficient (Wildman–Crippen LogP) is 11.5. The second kappa shape index (κ2) is 14.2. The molecule has 0 spiro atoms. The maximum Gasteiger partial charge on any atom is -0.0162 e. The zero-order chi connectivity index (χ0) is 24.3. The number of rotatable bonds is 12. The van der Waals surface area contributed by atoms with E-state index in [-0.39, 0.29) is 0 Å². The third kappa shape index (κ3) is 7.96. The molecule has 192 valence electrons. The van der Waals surface area contributed by atoms with Gasteiger partial charge in [-0.1, -0.05) is 120 Å². The highest BCUT2D eigenvalue weighted by Crippen LogP contribution is 2.40. The van der Waals surface area contributed by atoms with Crippen molar-refractivity contribution < 1.29 is 0 Å². The van der Waals surface area contributed by atoms with Gasteiger partial charge in [-0.25, -0.2) is 0 Å². The van der Waals surface area contributed by atoms with E-state index in [4.69, 9.17) is 0 Å². The van der Waals surface area contributed by atoms with Gasteiger partial charge in [0, 0.05) is 0 Å². The molecule has 0 N–H and O–H groups in total. The summed E-state index contributed by atoms with van der Waals surface area (Å²) in [5.74, 6) is 3.57. The summed E-state index contributed by atoms with van der Waals surface area (Å²) in [4.78, 5) is 0. The summed E-state index contributed by atoms with van der Waals surface area (Å²) in [7, 11) is 0. The van der Waals surface area contributed by atoms with Crippen LogP contribution in [0.25, 0.3) is 11.1 Å². The van der Waals surface area contributed by atoms with Crippen LogP contribution in [0.1, 0.15) is 146 Å². The molecule has 35 heavy (non-hydrogen) atoms. The van der Waals surface area contributed by atoms with Crippen molar-refractivity contribution in [3.05, 3.63) is 59.7 Å². The van der Waals surface area contributed by atoms with Gasteiger partial charge in [0.1, 0.15) is 0 Å². The summed E-state index contributed by atoms with van der Waals surface area (Å²) in [5, 5.41) is 0. The molecule has 2 aliphatic rings. The Bertz CT molecular complexity index is 813. The molecule has 2 aromatic carbocycles. The van der Waals surface area contributed by atoms with Crippen LogP contribution in [-0.4, -0.2) is 0 Å². The van der Waals surface area contributed by atoms with E-state index in [0.29, 0.717) is 0 Å². The number of hydrogen-bond donors (Lipinski definition) is 0. The molecule has 0 heteroatoms. The van der Waals surface area contributed by atoms with E-state index in [1.54, 1.807) is 11.1 Å². The minimum absolute atomic E-state index is 0.787. The average molecular weight is 473 g/mol. The van der Waals surface area contributed by atoms with E-state index in [9.17, 15) is 0 Å². The van der Waals surface area contributed by atoms with E-state index in [1.165, 1.54) is 120 Å². The average Bonchev–Trinajstić information content (AvgIpc) is 2.92. The van der Waals surface area contributed by atoms with E-state index < -0.39 is 0 Å². The van der Waals surface area contributed by atoms with Crippen LogP contribution in [0.5, 0.6) is 0 Å². The fraction of sp³-hybridized carbons (Fsp3) is 0.657. The van der Waals surface area contributed by atoms with Crippen molar-refractivity contribution in [1.29, 1.82) is 0 Å².